The topological polar surface area (TPSA) is 44.8 Å². The van der Waals surface area contributed by atoms with E-state index in [2.05, 4.69) is 6.58 Å². The summed E-state index contributed by atoms with van der Waals surface area (Å²) in [4.78, 5) is 10.9. The summed E-state index contributed by atoms with van der Waals surface area (Å²) in [6.07, 6.45) is 1.27. The van der Waals surface area contributed by atoms with Gasteiger partial charge < -0.3 is 13.9 Å². The second-order valence-corrected chi connectivity index (χ2v) is 4.92. The molecule has 0 aromatic carbocycles. The lowest BCUT2D eigenvalue weighted by molar-refractivity contribution is -0.146. The predicted molar refractivity (Wildman–Crippen MR) is 61.1 cm³/mol. The Labute approximate surface area is 93.5 Å². The highest BCUT2D eigenvalue weighted by Gasteiger charge is 2.16. The number of carbonyl (C=O) groups is 1. The summed E-state index contributed by atoms with van der Waals surface area (Å²) >= 11 is 0. The molecule has 0 aromatic heterocycles. The van der Waals surface area contributed by atoms with Crippen LogP contribution in [0.1, 0.15) is 27.7 Å². The van der Waals surface area contributed by atoms with Crippen LogP contribution < -0.4 is 0 Å². The van der Waals surface area contributed by atoms with Crippen LogP contribution in [-0.2, 0) is 18.7 Å². The summed E-state index contributed by atoms with van der Waals surface area (Å²) < 4.78 is 16.0. The molecule has 0 bridgehead atoms. The molecule has 0 heterocycles. The Morgan fingerprint density at radius 1 is 1.20 bits per heavy atom. The van der Waals surface area contributed by atoms with Gasteiger partial charge in [-0.3, -0.25) is 0 Å². The Morgan fingerprint density at radius 2 is 1.67 bits per heavy atom. The third-order valence-corrected chi connectivity index (χ3v) is 2.48. The lowest BCUT2D eigenvalue weighted by atomic mass is 10.5. The molecule has 0 spiro atoms. The summed E-state index contributed by atoms with van der Waals surface area (Å²) in [6.45, 7) is 11.0. The van der Waals surface area contributed by atoms with Crippen LogP contribution >= 0.6 is 0 Å². The summed E-state index contributed by atoms with van der Waals surface area (Å²) in [5, 5.41) is 0. The first-order valence-corrected chi connectivity index (χ1v) is 6.45. The molecule has 0 atom stereocenters. The first-order chi connectivity index (χ1) is 6.95. The molecular formula is C10H20O4Si. The van der Waals surface area contributed by atoms with E-state index in [9.17, 15) is 4.79 Å². The summed E-state index contributed by atoms with van der Waals surface area (Å²) in [7, 11) is -1.18. The summed E-state index contributed by atoms with van der Waals surface area (Å²) in [5.74, 6) is -0.791. The van der Waals surface area contributed by atoms with Crippen LogP contribution in [0.5, 0.6) is 0 Å². The maximum absolute atomic E-state index is 10.9. The molecule has 0 aliphatic rings. The van der Waals surface area contributed by atoms with Gasteiger partial charge in [0.1, 0.15) is 0 Å². The van der Waals surface area contributed by atoms with Crippen molar-refractivity contribution in [3.05, 3.63) is 12.7 Å². The van der Waals surface area contributed by atoms with Crippen molar-refractivity contribution >= 4 is 15.7 Å². The maximum atomic E-state index is 10.9. The van der Waals surface area contributed by atoms with E-state index in [1.165, 1.54) is 0 Å². The number of ether oxygens (including phenoxy) is 2. The van der Waals surface area contributed by atoms with Gasteiger partial charge >= 0.3 is 5.97 Å². The van der Waals surface area contributed by atoms with Crippen molar-refractivity contribution in [2.75, 3.05) is 0 Å². The molecule has 0 radical (unpaired) electrons. The lowest BCUT2D eigenvalue weighted by Gasteiger charge is -2.21. The van der Waals surface area contributed by atoms with E-state index in [4.69, 9.17) is 13.9 Å². The molecule has 4 nitrogen and oxygen atoms in total. The highest BCUT2D eigenvalue weighted by Crippen LogP contribution is 2.03. The Morgan fingerprint density at radius 3 is 2.00 bits per heavy atom. The molecule has 88 valence electrons. The van der Waals surface area contributed by atoms with E-state index in [1.54, 1.807) is 0 Å². The Bertz CT molecular complexity index is 194. The van der Waals surface area contributed by atoms with Crippen LogP contribution in [0.3, 0.4) is 0 Å². The van der Waals surface area contributed by atoms with Crippen LogP contribution in [0.4, 0.5) is 0 Å². The quantitative estimate of drug-likeness (QED) is 0.372. The van der Waals surface area contributed by atoms with Crippen LogP contribution in [0.15, 0.2) is 12.7 Å². The van der Waals surface area contributed by atoms with E-state index in [0.29, 0.717) is 0 Å². The number of hydrogen-bond acceptors (Lipinski definition) is 4. The van der Waals surface area contributed by atoms with Crippen LogP contribution in [0.2, 0.25) is 0 Å². The minimum absolute atomic E-state index is 0.0590. The average molecular weight is 232 g/mol. The molecule has 0 aliphatic heterocycles. The molecule has 0 saturated carbocycles. The van der Waals surface area contributed by atoms with Crippen molar-refractivity contribution in [1.82, 2.24) is 0 Å². The molecule has 0 N–H and O–H groups in total. The third-order valence-electron chi connectivity index (χ3n) is 1.38. The maximum Gasteiger partial charge on any atom is 0.316 e. The Hall–Kier alpha value is -0.653. The van der Waals surface area contributed by atoms with E-state index in [1.807, 2.05) is 27.7 Å². The zero-order valence-corrected chi connectivity index (χ0v) is 11.3. The molecule has 0 amide bonds. The van der Waals surface area contributed by atoms with Crippen molar-refractivity contribution in [1.29, 1.82) is 0 Å². The van der Waals surface area contributed by atoms with Gasteiger partial charge in [-0.2, -0.15) is 0 Å². The van der Waals surface area contributed by atoms with E-state index >= 15 is 0 Å². The number of carbonyl (C=O) groups excluding carboxylic acids is 1. The van der Waals surface area contributed by atoms with Gasteiger partial charge in [-0.05, 0) is 27.7 Å². The zero-order valence-electron chi connectivity index (χ0n) is 9.86. The largest absolute Gasteiger partial charge is 0.516 e. The average Bonchev–Trinajstić information content (AvgIpc) is 2.11. The molecule has 0 rings (SSSR count). The molecule has 0 aromatic rings. The van der Waals surface area contributed by atoms with Gasteiger partial charge in [0.05, 0.1) is 12.2 Å². The van der Waals surface area contributed by atoms with Gasteiger partial charge in [-0.25, -0.2) is 4.79 Å². The number of hydrogen-bond donors (Lipinski definition) is 0. The highest BCUT2D eigenvalue weighted by molar-refractivity contribution is 6.32. The minimum Gasteiger partial charge on any atom is -0.516 e. The Kier molecular flexibility index (Phi) is 7.28. The van der Waals surface area contributed by atoms with Crippen molar-refractivity contribution in [3.63, 3.8) is 0 Å². The van der Waals surface area contributed by atoms with Gasteiger partial charge in [0.2, 0.25) is 0 Å². The first-order valence-electron chi connectivity index (χ1n) is 5.05. The monoisotopic (exact) mass is 232 g/mol. The molecule has 5 heteroatoms. The van der Waals surface area contributed by atoms with Crippen molar-refractivity contribution in [2.45, 2.75) is 45.8 Å². The van der Waals surface area contributed by atoms with E-state index in [0.717, 1.165) is 6.08 Å². The third kappa shape index (κ3) is 8.35. The lowest BCUT2D eigenvalue weighted by Crippen LogP contribution is -2.32. The van der Waals surface area contributed by atoms with E-state index in [-0.39, 0.29) is 18.1 Å². The molecule has 15 heavy (non-hydrogen) atoms. The fourth-order valence-electron chi connectivity index (χ4n) is 0.927. The molecule has 0 unspecified atom stereocenters. The van der Waals surface area contributed by atoms with Crippen LogP contribution in [0, 0.1) is 0 Å². The Balaban J connectivity index is 4.00. The van der Waals surface area contributed by atoms with Crippen LogP contribution in [-0.4, -0.2) is 33.9 Å². The molecule has 0 aliphatic carbocycles. The molecule has 0 fully saturated rings. The fraction of sp³-hybridized carbons (Fsp3) is 0.700. The van der Waals surface area contributed by atoms with Crippen LogP contribution in [0.25, 0.3) is 0 Å². The standard InChI is InChI=1S/C10H20O4Si/c1-6-9(11)14-15-10(12-7(2)3)13-8(4)5/h6-8,10H,1,15H2,2-5H3. The van der Waals surface area contributed by atoms with Gasteiger partial charge in [0.25, 0.3) is 9.76 Å². The molecular weight excluding hydrogens is 212 g/mol. The van der Waals surface area contributed by atoms with Gasteiger partial charge in [-0.15, -0.1) is 0 Å². The van der Waals surface area contributed by atoms with E-state index < -0.39 is 15.7 Å². The van der Waals surface area contributed by atoms with Crippen molar-refractivity contribution in [3.8, 4) is 0 Å². The molecule has 0 saturated heterocycles. The second-order valence-electron chi connectivity index (χ2n) is 3.63. The van der Waals surface area contributed by atoms with Crippen molar-refractivity contribution in [2.24, 2.45) is 0 Å². The summed E-state index contributed by atoms with van der Waals surface area (Å²) in [6, 6.07) is 0. The highest BCUT2D eigenvalue weighted by atomic mass is 28.2. The normalized spacial score (nSPS) is 11.9. The van der Waals surface area contributed by atoms with Crippen molar-refractivity contribution < 1.29 is 18.7 Å². The first kappa shape index (κ1) is 14.3. The van der Waals surface area contributed by atoms with Gasteiger partial charge in [0.15, 0.2) is 5.91 Å². The fourth-order valence-corrected chi connectivity index (χ4v) is 2.27. The zero-order chi connectivity index (χ0) is 11.8. The predicted octanol–water partition coefficient (Wildman–Crippen LogP) is 0.933. The minimum atomic E-state index is -1.18. The number of rotatable bonds is 7. The van der Waals surface area contributed by atoms with Gasteiger partial charge in [0, 0.05) is 6.08 Å². The van der Waals surface area contributed by atoms with Gasteiger partial charge in [-0.1, -0.05) is 6.58 Å². The summed E-state index contributed by atoms with van der Waals surface area (Å²) in [5.41, 5.74) is 0. The smallest absolute Gasteiger partial charge is 0.316 e. The second kappa shape index (κ2) is 7.61. The SMILES string of the molecule is C=CC(=O)O[SiH2]C(OC(C)C)OC(C)C.